The quantitative estimate of drug-likeness (QED) is 0.603. The Morgan fingerprint density at radius 3 is 2.79 bits per heavy atom. The lowest BCUT2D eigenvalue weighted by molar-refractivity contribution is -0.122. The predicted molar refractivity (Wildman–Crippen MR) is 113 cm³/mol. The van der Waals surface area contributed by atoms with Gasteiger partial charge in [0.2, 0.25) is 5.91 Å². The minimum atomic E-state index is -0.340. The minimum absolute atomic E-state index is 0.00884. The number of hydrogen-bond donors (Lipinski definition) is 2. The Kier molecular flexibility index (Phi) is 5.84. The zero-order valence-corrected chi connectivity index (χ0v) is 17.0. The number of thiocarbonyl (C=S) groups is 1. The first-order valence-electron chi connectivity index (χ1n) is 9.16. The van der Waals surface area contributed by atoms with Crippen molar-refractivity contribution >= 4 is 34.6 Å². The normalized spacial score (nSPS) is 16.4. The third-order valence-electron chi connectivity index (χ3n) is 4.90. The number of carbonyl (C=O) groups is 1. The highest BCUT2D eigenvalue weighted by Gasteiger charge is 2.29. The number of rotatable bonds is 3. The summed E-state index contributed by atoms with van der Waals surface area (Å²) >= 11 is 5.26. The van der Waals surface area contributed by atoms with E-state index in [9.17, 15) is 14.3 Å². The van der Waals surface area contributed by atoms with Crippen molar-refractivity contribution < 1.29 is 14.3 Å². The Bertz CT molecular complexity index is 917. The van der Waals surface area contributed by atoms with Gasteiger partial charge in [0.25, 0.3) is 0 Å². The Morgan fingerprint density at radius 1 is 1.36 bits per heavy atom. The number of nitrogens with zero attached hydrogens (tertiary/aromatic N) is 2. The summed E-state index contributed by atoms with van der Waals surface area (Å²) in [7, 11) is 3.63. The van der Waals surface area contributed by atoms with Crippen LogP contribution >= 0.6 is 12.2 Å². The highest BCUT2D eigenvalue weighted by molar-refractivity contribution is 7.80. The molecule has 0 fully saturated rings. The number of aromatic hydroxyl groups is 1. The number of carbonyl (C=O) groups excluding carboxylic acids is 1. The summed E-state index contributed by atoms with van der Waals surface area (Å²) in [6.07, 6.45) is 1.40. The summed E-state index contributed by atoms with van der Waals surface area (Å²) in [4.78, 5) is 16.3. The molecule has 0 saturated heterocycles. The molecule has 0 saturated carbocycles. The Balaban J connectivity index is 2.00. The lowest BCUT2D eigenvalue weighted by Gasteiger charge is -2.26. The van der Waals surface area contributed by atoms with Crippen LogP contribution in [0, 0.1) is 11.7 Å². The van der Waals surface area contributed by atoms with Gasteiger partial charge in [-0.1, -0.05) is 19.1 Å². The van der Waals surface area contributed by atoms with Crippen LogP contribution in [0.3, 0.4) is 0 Å². The summed E-state index contributed by atoms with van der Waals surface area (Å²) in [5.41, 5.74) is 2.79. The van der Waals surface area contributed by atoms with E-state index in [1.54, 1.807) is 28.0 Å². The Labute approximate surface area is 169 Å². The fourth-order valence-corrected chi connectivity index (χ4v) is 3.37. The highest BCUT2D eigenvalue weighted by Crippen LogP contribution is 2.37. The highest BCUT2D eigenvalue weighted by atomic mass is 32.1. The molecule has 0 spiro atoms. The van der Waals surface area contributed by atoms with Gasteiger partial charge in [-0.15, -0.1) is 0 Å². The van der Waals surface area contributed by atoms with Gasteiger partial charge in [0.05, 0.1) is 17.9 Å². The maximum atomic E-state index is 13.6. The minimum Gasteiger partial charge on any atom is -0.506 e. The largest absolute Gasteiger partial charge is 0.506 e. The Morgan fingerprint density at radius 2 is 2.11 bits per heavy atom. The topological polar surface area (TPSA) is 55.8 Å². The van der Waals surface area contributed by atoms with Gasteiger partial charge in [0.1, 0.15) is 11.6 Å². The smallest absolute Gasteiger partial charge is 0.230 e. The number of hydrogen-bond acceptors (Lipinski definition) is 3. The molecule has 2 N–H and O–H groups in total. The van der Waals surface area contributed by atoms with Crippen molar-refractivity contribution in [1.82, 2.24) is 4.90 Å². The zero-order chi connectivity index (χ0) is 20.4. The van der Waals surface area contributed by atoms with Crippen molar-refractivity contribution in [2.45, 2.75) is 26.3 Å². The third-order valence-corrected chi connectivity index (χ3v) is 5.37. The standard InChI is InChI=1S/C21H24FN3O2S/c1-13-7-8-15-10-17(23-21(28)24(2)3)19(26)11-18(15)25(20(13)27)12-14-5-4-6-16(22)9-14/h4-6,9-11,13,26H,7-8,12H2,1-3H3,(H,23,28). The molecule has 0 aromatic heterocycles. The zero-order valence-electron chi connectivity index (χ0n) is 16.2. The average molecular weight is 402 g/mol. The second kappa shape index (κ2) is 8.14. The van der Waals surface area contributed by atoms with E-state index in [0.29, 0.717) is 34.9 Å². The first-order valence-corrected chi connectivity index (χ1v) is 9.57. The molecule has 1 amide bonds. The van der Waals surface area contributed by atoms with Gasteiger partial charge in [0.15, 0.2) is 5.11 Å². The van der Waals surface area contributed by atoms with Gasteiger partial charge in [-0.3, -0.25) is 4.79 Å². The lowest BCUT2D eigenvalue weighted by Crippen LogP contribution is -2.34. The summed E-state index contributed by atoms with van der Waals surface area (Å²) in [6.45, 7) is 2.14. The van der Waals surface area contributed by atoms with Gasteiger partial charge < -0.3 is 20.2 Å². The molecule has 1 aliphatic rings. The van der Waals surface area contributed by atoms with E-state index in [1.165, 1.54) is 12.1 Å². The molecule has 1 heterocycles. The average Bonchev–Trinajstić information content (AvgIpc) is 2.75. The summed E-state index contributed by atoms with van der Waals surface area (Å²) < 4.78 is 13.6. The maximum Gasteiger partial charge on any atom is 0.230 e. The van der Waals surface area contributed by atoms with E-state index in [1.807, 2.05) is 27.1 Å². The van der Waals surface area contributed by atoms with Crippen molar-refractivity contribution in [3.05, 3.63) is 53.3 Å². The maximum absolute atomic E-state index is 13.6. The molecule has 28 heavy (non-hydrogen) atoms. The molecule has 2 aromatic carbocycles. The number of phenols is 1. The second-order valence-corrected chi connectivity index (χ2v) is 7.70. The van der Waals surface area contributed by atoms with E-state index in [2.05, 4.69) is 5.32 Å². The van der Waals surface area contributed by atoms with Crippen LogP contribution in [0.25, 0.3) is 0 Å². The van der Waals surface area contributed by atoms with Crippen LogP contribution < -0.4 is 10.2 Å². The number of aryl methyl sites for hydroxylation is 1. The molecule has 1 aliphatic heterocycles. The number of benzene rings is 2. The van der Waals surface area contributed by atoms with E-state index < -0.39 is 0 Å². The third kappa shape index (κ3) is 4.25. The first kappa shape index (κ1) is 20.1. The molecule has 3 rings (SSSR count). The molecule has 1 atom stereocenters. The van der Waals surface area contributed by atoms with Crippen LogP contribution in [0.15, 0.2) is 36.4 Å². The van der Waals surface area contributed by atoms with Gasteiger partial charge in [0, 0.05) is 26.1 Å². The molecule has 1 unspecified atom stereocenters. The molecule has 7 heteroatoms. The molecule has 148 valence electrons. The van der Waals surface area contributed by atoms with E-state index >= 15 is 0 Å². The molecule has 2 aromatic rings. The monoisotopic (exact) mass is 401 g/mol. The van der Waals surface area contributed by atoms with Gasteiger partial charge in [-0.2, -0.15) is 0 Å². The fourth-order valence-electron chi connectivity index (χ4n) is 3.26. The number of nitrogens with one attached hydrogen (secondary N) is 1. The van der Waals surface area contributed by atoms with Gasteiger partial charge in [-0.05, 0) is 54.4 Å². The van der Waals surface area contributed by atoms with Crippen LogP contribution in [0.2, 0.25) is 0 Å². The van der Waals surface area contributed by atoms with Crippen LogP contribution in [-0.2, 0) is 17.8 Å². The van der Waals surface area contributed by atoms with Crippen molar-refractivity contribution in [3.8, 4) is 5.75 Å². The van der Waals surface area contributed by atoms with Crippen LogP contribution in [-0.4, -0.2) is 35.1 Å². The van der Waals surface area contributed by atoms with Crippen molar-refractivity contribution in [1.29, 1.82) is 0 Å². The molecule has 0 aliphatic carbocycles. The second-order valence-electron chi connectivity index (χ2n) is 7.32. The number of phenolic OH excluding ortho intramolecular Hbond substituents is 1. The van der Waals surface area contributed by atoms with E-state index in [-0.39, 0.29) is 29.9 Å². The fraction of sp³-hybridized carbons (Fsp3) is 0.333. The number of amides is 1. The molecule has 0 bridgehead atoms. The summed E-state index contributed by atoms with van der Waals surface area (Å²) in [5, 5.41) is 14.0. The number of fused-ring (bicyclic) bond motifs is 1. The molecule has 0 radical (unpaired) electrons. The molecular weight excluding hydrogens is 377 g/mol. The lowest BCUT2D eigenvalue weighted by atomic mass is 10.0. The van der Waals surface area contributed by atoms with E-state index in [4.69, 9.17) is 12.2 Å². The Hall–Kier alpha value is -2.67. The van der Waals surface area contributed by atoms with Gasteiger partial charge >= 0.3 is 0 Å². The number of halogens is 1. The molecular formula is C21H24FN3O2S. The van der Waals surface area contributed by atoms with E-state index in [0.717, 1.165) is 5.56 Å². The SMILES string of the molecule is CC1CCc2cc(NC(=S)N(C)C)c(O)cc2N(Cc2cccc(F)c2)C1=O. The predicted octanol–water partition coefficient (Wildman–Crippen LogP) is 3.91. The van der Waals surface area contributed by atoms with Crippen molar-refractivity contribution in [3.63, 3.8) is 0 Å². The van der Waals surface area contributed by atoms with Crippen LogP contribution in [0.1, 0.15) is 24.5 Å². The van der Waals surface area contributed by atoms with Crippen LogP contribution in [0.4, 0.5) is 15.8 Å². The summed E-state index contributed by atoms with van der Waals surface area (Å²) in [5.74, 6) is -0.531. The van der Waals surface area contributed by atoms with Gasteiger partial charge in [-0.25, -0.2) is 4.39 Å². The van der Waals surface area contributed by atoms with Crippen LogP contribution in [0.5, 0.6) is 5.75 Å². The molecule has 5 nitrogen and oxygen atoms in total. The summed E-state index contributed by atoms with van der Waals surface area (Å²) in [6, 6.07) is 9.64. The van der Waals surface area contributed by atoms with Crippen molar-refractivity contribution in [2.75, 3.05) is 24.3 Å². The first-order chi connectivity index (χ1) is 13.3. The number of anilines is 2. The van der Waals surface area contributed by atoms with Crippen molar-refractivity contribution in [2.24, 2.45) is 5.92 Å².